The molecule has 156 valence electrons. The third kappa shape index (κ3) is 3.85. The van der Waals surface area contributed by atoms with E-state index < -0.39 is 11.4 Å². The fourth-order valence-electron chi connectivity index (χ4n) is 4.14. The van der Waals surface area contributed by atoms with Crippen LogP contribution in [0.5, 0.6) is 0 Å². The molecule has 1 aromatic carbocycles. The minimum atomic E-state index is -0.445. The molecule has 1 N–H and O–H groups in total. The van der Waals surface area contributed by atoms with E-state index in [2.05, 4.69) is 12.0 Å². The maximum Gasteiger partial charge on any atom is 0.265 e. The first-order valence-corrected chi connectivity index (χ1v) is 10.3. The lowest BCUT2D eigenvalue weighted by molar-refractivity contribution is -0.885. The zero-order valence-electron chi connectivity index (χ0n) is 17.3. The number of aromatic nitrogens is 2. The molecule has 0 radical (unpaired) electrons. The summed E-state index contributed by atoms with van der Waals surface area (Å²) in [6.07, 6.45) is 3.41. The van der Waals surface area contributed by atoms with Crippen molar-refractivity contribution in [3.8, 4) is 0 Å². The minimum Gasteiger partial charge on any atom is -0.338 e. The van der Waals surface area contributed by atoms with Gasteiger partial charge in [0.2, 0.25) is 0 Å². The van der Waals surface area contributed by atoms with Crippen molar-refractivity contribution in [2.45, 2.75) is 25.4 Å². The summed E-state index contributed by atoms with van der Waals surface area (Å²) in [7, 11) is 3.91. The molecule has 0 unspecified atom stereocenters. The van der Waals surface area contributed by atoms with Crippen molar-refractivity contribution in [3.63, 3.8) is 0 Å². The molecule has 1 fully saturated rings. The third-order valence-corrected chi connectivity index (χ3v) is 6.04. The topological polar surface area (TPSA) is 59.6 Å². The highest BCUT2D eigenvalue weighted by Gasteiger charge is 2.28. The van der Waals surface area contributed by atoms with Gasteiger partial charge >= 0.3 is 0 Å². The van der Waals surface area contributed by atoms with Crippen molar-refractivity contribution in [2.24, 2.45) is 0 Å². The van der Waals surface area contributed by atoms with Crippen LogP contribution >= 0.6 is 0 Å². The Labute approximate surface area is 174 Å². The summed E-state index contributed by atoms with van der Waals surface area (Å²) >= 11 is 0. The van der Waals surface area contributed by atoms with E-state index in [1.54, 1.807) is 48.5 Å². The van der Waals surface area contributed by atoms with Crippen molar-refractivity contribution < 1.29 is 14.1 Å². The summed E-state index contributed by atoms with van der Waals surface area (Å²) in [4.78, 5) is 34.1. The zero-order valence-corrected chi connectivity index (χ0v) is 17.3. The van der Waals surface area contributed by atoms with Gasteiger partial charge in [-0.05, 0) is 24.3 Å². The molecule has 1 aliphatic heterocycles. The zero-order chi connectivity index (χ0) is 21.3. The average molecular weight is 409 g/mol. The van der Waals surface area contributed by atoms with Gasteiger partial charge in [-0.25, -0.2) is 9.37 Å². The summed E-state index contributed by atoms with van der Waals surface area (Å²) in [6, 6.07) is 11.6. The molecule has 4 rings (SSSR count). The highest BCUT2D eigenvalue weighted by Crippen LogP contribution is 2.17. The van der Waals surface area contributed by atoms with Gasteiger partial charge in [-0.1, -0.05) is 18.2 Å². The number of nitrogens with one attached hydrogen (secondary N) is 1. The molecular formula is C23H26FN4O2+. The van der Waals surface area contributed by atoms with Crippen molar-refractivity contribution >= 4 is 16.9 Å². The molecule has 7 heteroatoms. The maximum atomic E-state index is 14.3. The van der Waals surface area contributed by atoms with E-state index in [1.807, 2.05) is 6.07 Å². The molecule has 0 saturated carbocycles. The van der Waals surface area contributed by atoms with Crippen LogP contribution in [0.4, 0.5) is 4.39 Å². The lowest BCUT2D eigenvalue weighted by Gasteiger charge is -2.33. The predicted molar refractivity (Wildman–Crippen MR) is 113 cm³/mol. The van der Waals surface area contributed by atoms with Crippen LogP contribution in [0.25, 0.3) is 11.0 Å². The number of hydrogen-bond acceptors (Lipinski definition) is 3. The van der Waals surface area contributed by atoms with E-state index in [0.29, 0.717) is 16.6 Å². The highest BCUT2D eigenvalue weighted by molar-refractivity contribution is 5.97. The van der Waals surface area contributed by atoms with E-state index in [1.165, 1.54) is 15.5 Å². The number of nitrogens with zero attached hydrogens (tertiary/aromatic N) is 3. The lowest BCUT2D eigenvalue weighted by atomic mass is 10.0. The van der Waals surface area contributed by atoms with Gasteiger partial charge in [-0.15, -0.1) is 0 Å². The second-order valence-corrected chi connectivity index (χ2v) is 8.06. The molecule has 6 nitrogen and oxygen atoms in total. The fraction of sp³-hybridized carbons (Fsp3) is 0.348. The van der Waals surface area contributed by atoms with Gasteiger partial charge in [0.25, 0.3) is 11.5 Å². The summed E-state index contributed by atoms with van der Waals surface area (Å²) in [5.74, 6) is -0.686. The second kappa shape index (κ2) is 8.36. The molecule has 2 aromatic heterocycles. The van der Waals surface area contributed by atoms with Crippen LogP contribution in [0.3, 0.4) is 0 Å². The van der Waals surface area contributed by atoms with Gasteiger partial charge in [0, 0.05) is 43.1 Å². The van der Waals surface area contributed by atoms with Crippen LogP contribution in [0.2, 0.25) is 0 Å². The van der Waals surface area contributed by atoms with Crippen molar-refractivity contribution in [1.29, 1.82) is 0 Å². The highest BCUT2D eigenvalue weighted by atomic mass is 19.1. The SMILES string of the molecule is CN(C(=O)c1cc2cccnc2n(Cc2ccccc2F)c1=O)C1CC[NH+](C)CC1. The number of carbonyl (C=O) groups excluding carboxylic acids is 1. The Morgan fingerprint density at radius 2 is 1.97 bits per heavy atom. The summed E-state index contributed by atoms with van der Waals surface area (Å²) in [5.41, 5.74) is 0.469. The molecule has 1 amide bonds. The molecule has 1 saturated heterocycles. The summed E-state index contributed by atoms with van der Waals surface area (Å²) in [5, 5.41) is 0.679. The molecule has 30 heavy (non-hydrogen) atoms. The molecule has 3 heterocycles. The Balaban J connectivity index is 1.75. The van der Waals surface area contributed by atoms with Crippen LogP contribution in [0.1, 0.15) is 28.8 Å². The van der Waals surface area contributed by atoms with Gasteiger partial charge in [-0.2, -0.15) is 0 Å². The number of rotatable bonds is 4. The van der Waals surface area contributed by atoms with Gasteiger partial charge < -0.3 is 9.80 Å². The number of fused-ring (bicyclic) bond motifs is 1. The van der Waals surface area contributed by atoms with Crippen LogP contribution in [0, 0.1) is 5.82 Å². The Kier molecular flexibility index (Phi) is 5.63. The van der Waals surface area contributed by atoms with Crippen molar-refractivity contribution in [3.05, 3.63) is 76.0 Å². The minimum absolute atomic E-state index is 0.0153. The monoisotopic (exact) mass is 409 g/mol. The van der Waals surface area contributed by atoms with E-state index >= 15 is 0 Å². The number of quaternary nitrogens is 1. The normalized spacial score (nSPS) is 19.0. The third-order valence-electron chi connectivity index (χ3n) is 6.04. The molecular weight excluding hydrogens is 383 g/mol. The number of amides is 1. The predicted octanol–water partition coefficient (Wildman–Crippen LogP) is 1.33. The number of piperidine rings is 1. The molecule has 0 spiro atoms. The Bertz CT molecular complexity index is 1140. The number of halogens is 1. The van der Waals surface area contributed by atoms with Gasteiger partial charge in [0.05, 0.1) is 26.7 Å². The largest absolute Gasteiger partial charge is 0.338 e. The van der Waals surface area contributed by atoms with Crippen LogP contribution < -0.4 is 10.5 Å². The number of likely N-dealkylation sites (tertiary alicyclic amines) is 1. The molecule has 0 atom stereocenters. The first kappa shape index (κ1) is 20.2. The smallest absolute Gasteiger partial charge is 0.265 e. The fourth-order valence-corrected chi connectivity index (χ4v) is 4.14. The quantitative estimate of drug-likeness (QED) is 0.707. The van der Waals surface area contributed by atoms with Crippen molar-refractivity contribution in [2.75, 3.05) is 27.2 Å². The first-order chi connectivity index (χ1) is 14.5. The number of benzene rings is 1. The van der Waals surface area contributed by atoms with Gasteiger partial charge in [-0.3, -0.25) is 14.2 Å². The van der Waals surface area contributed by atoms with E-state index in [4.69, 9.17) is 0 Å². The molecule has 0 aliphatic carbocycles. The van der Waals surface area contributed by atoms with Crippen LogP contribution in [-0.4, -0.2) is 53.6 Å². The lowest BCUT2D eigenvalue weighted by Crippen LogP contribution is -3.10. The van der Waals surface area contributed by atoms with E-state index in [0.717, 1.165) is 25.9 Å². The van der Waals surface area contributed by atoms with Gasteiger partial charge in [0.15, 0.2) is 0 Å². The molecule has 3 aromatic rings. The number of carbonyl (C=O) groups is 1. The Morgan fingerprint density at radius 1 is 1.23 bits per heavy atom. The number of hydrogen-bond donors (Lipinski definition) is 1. The maximum absolute atomic E-state index is 14.3. The first-order valence-electron chi connectivity index (χ1n) is 10.3. The second-order valence-electron chi connectivity index (χ2n) is 8.06. The Hall–Kier alpha value is -3.06. The number of pyridine rings is 2. The molecule has 1 aliphatic rings. The molecule has 0 bridgehead atoms. The van der Waals surface area contributed by atoms with Crippen LogP contribution in [0.15, 0.2) is 53.5 Å². The summed E-state index contributed by atoms with van der Waals surface area (Å²) in [6.45, 7) is 2.02. The Morgan fingerprint density at radius 3 is 2.70 bits per heavy atom. The summed E-state index contributed by atoms with van der Waals surface area (Å²) < 4.78 is 15.7. The van der Waals surface area contributed by atoms with E-state index in [9.17, 15) is 14.0 Å². The van der Waals surface area contributed by atoms with Crippen molar-refractivity contribution in [1.82, 2.24) is 14.5 Å². The average Bonchev–Trinajstić information content (AvgIpc) is 2.76. The van der Waals surface area contributed by atoms with E-state index in [-0.39, 0.29) is 24.1 Å². The van der Waals surface area contributed by atoms with Crippen LogP contribution in [-0.2, 0) is 6.54 Å². The standard InChI is InChI=1S/C23H25FN4O2/c1-26-12-9-18(10-13-26)27(2)22(29)19-14-16-7-5-11-25-21(16)28(23(19)30)15-17-6-3-4-8-20(17)24/h3-8,11,14,18H,9-10,12-13,15H2,1-2H3/p+1. The van der Waals surface area contributed by atoms with Gasteiger partial charge in [0.1, 0.15) is 17.0 Å².